The lowest BCUT2D eigenvalue weighted by molar-refractivity contribution is -0.119. The van der Waals surface area contributed by atoms with Crippen LogP contribution in [0.2, 0.25) is 0 Å². The van der Waals surface area contributed by atoms with Gasteiger partial charge in [0.25, 0.3) is 0 Å². The number of fused-ring (bicyclic) bond motifs is 1. The van der Waals surface area contributed by atoms with Gasteiger partial charge in [0.05, 0.1) is 17.5 Å². The van der Waals surface area contributed by atoms with Crippen molar-refractivity contribution in [1.82, 2.24) is 15.5 Å². The maximum absolute atomic E-state index is 12.2. The molecule has 2 aromatic rings. The number of carbonyl (C=O) groups is 1. The summed E-state index contributed by atoms with van der Waals surface area (Å²) in [6, 6.07) is 8.57. The van der Waals surface area contributed by atoms with Crippen LogP contribution in [0.4, 0.5) is 0 Å². The van der Waals surface area contributed by atoms with E-state index in [1.807, 2.05) is 0 Å². The van der Waals surface area contributed by atoms with Crippen LogP contribution < -0.4 is 5.32 Å². The number of hydrogen-bond acceptors (Lipinski definition) is 5. The monoisotopic (exact) mass is 331 g/mol. The fraction of sp³-hybridized carbons (Fsp3) is 0.471. The summed E-state index contributed by atoms with van der Waals surface area (Å²) >= 11 is 1.51. The fourth-order valence-corrected chi connectivity index (χ4v) is 3.61. The van der Waals surface area contributed by atoms with Gasteiger partial charge in [0, 0.05) is 6.92 Å². The van der Waals surface area contributed by atoms with Crippen LogP contribution in [0.15, 0.2) is 28.8 Å². The molecule has 0 spiro atoms. The number of aromatic nitrogens is 2. The normalized spacial score (nSPS) is 17.3. The standard InChI is InChI=1S/C17H21N3O2S/c1-12-18-16(20-22-12)10-23-11-17(21)19-15-9-5-3-7-13-6-2-4-8-14(13)15/h2,4,6,8,15H,3,5,7,9-11H2,1H3,(H,19,21). The van der Waals surface area contributed by atoms with E-state index in [-0.39, 0.29) is 11.9 Å². The van der Waals surface area contributed by atoms with Crippen molar-refractivity contribution in [2.24, 2.45) is 0 Å². The molecule has 0 bridgehead atoms. The molecule has 1 atom stereocenters. The summed E-state index contributed by atoms with van der Waals surface area (Å²) in [5.74, 6) is 2.26. The molecule has 0 aliphatic heterocycles. The number of thioether (sulfide) groups is 1. The van der Waals surface area contributed by atoms with Crippen LogP contribution in [0.25, 0.3) is 0 Å². The quantitative estimate of drug-likeness (QED) is 0.852. The maximum atomic E-state index is 12.2. The zero-order chi connectivity index (χ0) is 16.1. The van der Waals surface area contributed by atoms with Crippen molar-refractivity contribution in [3.8, 4) is 0 Å². The van der Waals surface area contributed by atoms with E-state index in [9.17, 15) is 4.79 Å². The molecule has 0 fully saturated rings. The Kier molecular flexibility index (Phi) is 5.33. The van der Waals surface area contributed by atoms with Crippen LogP contribution in [-0.4, -0.2) is 21.8 Å². The van der Waals surface area contributed by atoms with E-state index in [0.717, 1.165) is 19.3 Å². The molecule has 1 amide bonds. The number of rotatable bonds is 5. The molecule has 1 N–H and O–H groups in total. The van der Waals surface area contributed by atoms with Crippen LogP contribution in [-0.2, 0) is 17.0 Å². The molecule has 6 heteroatoms. The van der Waals surface area contributed by atoms with Gasteiger partial charge in [-0.05, 0) is 30.4 Å². The summed E-state index contributed by atoms with van der Waals surface area (Å²) in [4.78, 5) is 16.4. The average molecular weight is 331 g/mol. The van der Waals surface area contributed by atoms with Gasteiger partial charge in [-0.25, -0.2) is 0 Å². The first kappa shape index (κ1) is 16.1. The summed E-state index contributed by atoms with van der Waals surface area (Å²) in [5, 5.41) is 7.01. The van der Waals surface area contributed by atoms with Gasteiger partial charge < -0.3 is 9.84 Å². The van der Waals surface area contributed by atoms with Gasteiger partial charge >= 0.3 is 0 Å². The molecule has 1 aliphatic rings. The lowest BCUT2D eigenvalue weighted by atomic mass is 9.99. The van der Waals surface area contributed by atoms with Crippen molar-refractivity contribution in [2.45, 2.75) is 44.4 Å². The van der Waals surface area contributed by atoms with E-state index in [1.165, 1.54) is 29.3 Å². The zero-order valence-corrected chi connectivity index (χ0v) is 14.1. The molecular weight excluding hydrogens is 310 g/mol. The van der Waals surface area contributed by atoms with Crippen molar-refractivity contribution < 1.29 is 9.32 Å². The van der Waals surface area contributed by atoms with Gasteiger partial charge in [-0.15, -0.1) is 11.8 Å². The first-order valence-electron chi connectivity index (χ1n) is 7.96. The zero-order valence-electron chi connectivity index (χ0n) is 13.2. The van der Waals surface area contributed by atoms with Gasteiger partial charge in [-0.2, -0.15) is 4.98 Å². The van der Waals surface area contributed by atoms with Crippen LogP contribution in [0.1, 0.15) is 48.1 Å². The molecule has 5 nitrogen and oxygen atoms in total. The van der Waals surface area contributed by atoms with Crippen LogP contribution in [0, 0.1) is 6.92 Å². The van der Waals surface area contributed by atoms with E-state index in [2.05, 4.69) is 39.7 Å². The highest BCUT2D eigenvalue weighted by molar-refractivity contribution is 7.99. The first-order valence-corrected chi connectivity index (χ1v) is 9.12. The second kappa shape index (κ2) is 7.64. The Morgan fingerprint density at radius 1 is 1.39 bits per heavy atom. The number of nitrogens with one attached hydrogen (secondary N) is 1. The molecule has 1 aromatic carbocycles. The van der Waals surface area contributed by atoms with Crippen molar-refractivity contribution in [3.63, 3.8) is 0 Å². The number of nitrogens with zero attached hydrogens (tertiary/aromatic N) is 2. The molecular formula is C17H21N3O2S. The third kappa shape index (κ3) is 4.34. The first-order chi connectivity index (χ1) is 11.2. The van der Waals surface area contributed by atoms with Gasteiger partial charge in [-0.3, -0.25) is 4.79 Å². The van der Waals surface area contributed by atoms with E-state index in [0.29, 0.717) is 23.2 Å². The Labute approximate surface area is 140 Å². The summed E-state index contributed by atoms with van der Waals surface area (Å²) in [6.07, 6.45) is 4.45. The largest absolute Gasteiger partial charge is 0.349 e. The molecule has 1 heterocycles. The van der Waals surface area contributed by atoms with E-state index in [4.69, 9.17) is 4.52 Å². The Bertz CT molecular complexity index is 671. The highest BCUT2D eigenvalue weighted by atomic mass is 32.2. The topological polar surface area (TPSA) is 68.0 Å². The Balaban J connectivity index is 1.53. The second-order valence-electron chi connectivity index (χ2n) is 5.79. The number of benzene rings is 1. The van der Waals surface area contributed by atoms with E-state index >= 15 is 0 Å². The number of aryl methyl sites for hydroxylation is 2. The van der Waals surface area contributed by atoms with Crippen molar-refractivity contribution >= 4 is 17.7 Å². The number of amides is 1. The lowest BCUT2D eigenvalue weighted by Crippen LogP contribution is -2.30. The van der Waals surface area contributed by atoms with E-state index in [1.54, 1.807) is 6.92 Å². The predicted molar refractivity (Wildman–Crippen MR) is 90.1 cm³/mol. The average Bonchev–Trinajstić information content (AvgIpc) is 2.85. The molecule has 1 aliphatic carbocycles. The van der Waals surface area contributed by atoms with E-state index < -0.39 is 0 Å². The molecule has 1 unspecified atom stereocenters. The number of hydrogen-bond donors (Lipinski definition) is 1. The minimum atomic E-state index is 0.0666. The summed E-state index contributed by atoms with van der Waals surface area (Å²) in [7, 11) is 0. The number of carbonyl (C=O) groups excluding carboxylic acids is 1. The molecule has 23 heavy (non-hydrogen) atoms. The Morgan fingerprint density at radius 2 is 2.26 bits per heavy atom. The highest BCUT2D eigenvalue weighted by Crippen LogP contribution is 2.28. The molecule has 1 aromatic heterocycles. The predicted octanol–water partition coefficient (Wildman–Crippen LogP) is 3.20. The summed E-state index contributed by atoms with van der Waals surface area (Å²) < 4.78 is 4.92. The van der Waals surface area contributed by atoms with Gasteiger partial charge in [0.1, 0.15) is 0 Å². The molecule has 3 rings (SSSR count). The van der Waals surface area contributed by atoms with Gasteiger partial charge in [0.15, 0.2) is 5.82 Å². The molecule has 0 radical (unpaired) electrons. The summed E-state index contributed by atoms with van der Waals surface area (Å²) in [6.45, 7) is 1.76. The van der Waals surface area contributed by atoms with Gasteiger partial charge in [-0.1, -0.05) is 35.8 Å². The van der Waals surface area contributed by atoms with Gasteiger partial charge in [0.2, 0.25) is 11.8 Å². The highest BCUT2D eigenvalue weighted by Gasteiger charge is 2.20. The minimum absolute atomic E-state index is 0.0666. The van der Waals surface area contributed by atoms with Crippen molar-refractivity contribution in [2.75, 3.05) is 5.75 Å². The molecule has 0 saturated heterocycles. The summed E-state index contributed by atoms with van der Waals surface area (Å²) in [5.41, 5.74) is 2.64. The van der Waals surface area contributed by atoms with Crippen LogP contribution in [0.5, 0.6) is 0 Å². The molecule has 122 valence electrons. The lowest BCUT2D eigenvalue weighted by Gasteiger charge is -2.19. The smallest absolute Gasteiger partial charge is 0.230 e. The van der Waals surface area contributed by atoms with Crippen LogP contribution in [0.3, 0.4) is 0 Å². The maximum Gasteiger partial charge on any atom is 0.230 e. The molecule has 0 saturated carbocycles. The minimum Gasteiger partial charge on any atom is -0.349 e. The Hall–Kier alpha value is -1.82. The third-order valence-electron chi connectivity index (χ3n) is 3.99. The fourth-order valence-electron chi connectivity index (χ4n) is 2.94. The SMILES string of the molecule is Cc1nc(CSCC(=O)NC2CCCCc3ccccc32)no1. The Morgan fingerprint density at radius 3 is 3.09 bits per heavy atom. The second-order valence-corrected chi connectivity index (χ2v) is 6.77. The third-order valence-corrected chi connectivity index (χ3v) is 4.92. The van der Waals surface area contributed by atoms with Crippen molar-refractivity contribution in [1.29, 1.82) is 0 Å². The van der Waals surface area contributed by atoms with Crippen molar-refractivity contribution in [3.05, 3.63) is 47.1 Å². The van der Waals surface area contributed by atoms with Crippen LogP contribution >= 0.6 is 11.8 Å².